The number of hydrogen-bond donors (Lipinski definition) is 0. The van der Waals surface area contributed by atoms with Gasteiger partial charge in [0.1, 0.15) is 12.4 Å². The van der Waals surface area contributed by atoms with Crippen LogP contribution in [0.1, 0.15) is 11.4 Å². The van der Waals surface area contributed by atoms with Crippen LogP contribution in [0.2, 0.25) is 5.02 Å². The molecule has 3 aromatic rings. The first kappa shape index (κ1) is 18.9. The Labute approximate surface area is 164 Å². The van der Waals surface area contributed by atoms with Crippen molar-refractivity contribution in [1.29, 1.82) is 0 Å². The van der Waals surface area contributed by atoms with Crippen LogP contribution >= 0.6 is 11.6 Å². The molecule has 0 aliphatic carbocycles. The van der Waals surface area contributed by atoms with E-state index in [1.807, 2.05) is 53.1 Å². The minimum Gasteiger partial charge on any atom is -0.334 e. The van der Waals surface area contributed by atoms with E-state index >= 15 is 0 Å². The quantitative estimate of drug-likeness (QED) is 0.541. The fraction of sp³-hybridized carbons (Fsp3) is 0.182. The Balaban J connectivity index is 1.94. The number of para-hydroxylation sites is 2. The number of rotatable bonds is 8. The van der Waals surface area contributed by atoms with Crippen LogP contribution in [-0.4, -0.2) is 33.4 Å². The summed E-state index contributed by atoms with van der Waals surface area (Å²) in [6.45, 7) is 8.68. The lowest BCUT2D eigenvalue weighted by molar-refractivity contribution is -0.130. The van der Waals surface area contributed by atoms with E-state index in [2.05, 4.69) is 13.2 Å². The number of amides is 1. The number of imidazole rings is 1. The molecule has 27 heavy (non-hydrogen) atoms. The minimum absolute atomic E-state index is 0.00955. The molecule has 3 rings (SSSR count). The third kappa shape index (κ3) is 4.47. The first-order valence-corrected chi connectivity index (χ1v) is 9.18. The molecule has 1 amide bonds. The van der Waals surface area contributed by atoms with Gasteiger partial charge >= 0.3 is 0 Å². The summed E-state index contributed by atoms with van der Waals surface area (Å²) in [5, 5.41) is 0.701. The fourth-order valence-electron chi connectivity index (χ4n) is 3.05. The zero-order valence-corrected chi connectivity index (χ0v) is 15.9. The lowest BCUT2D eigenvalue weighted by atomic mass is 10.1. The molecule has 0 unspecified atom stereocenters. The van der Waals surface area contributed by atoms with Gasteiger partial charge in [-0.25, -0.2) is 4.98 Å². The van der Waals surface area contributed by atoms with Crippen molar-refractivity contribution < 1.29 is 4.79 Å². The van der Waals surface area contributed by atoms with Crippen LogP contribution in [0.4, 0.5) is 0 Å². The number of halogens is 1. The molecule has 0 radical (unpaired) electrons. The third-order valence-electron chi connectivity index (χ3n) is 4.35. The van der Waals surface area contributed by atoms with Crippen LogP contribution in [0.5, 0.6) is 0 Å². The van der Waals surface area contributed by atoms with Gasteiger partial charge in [-0.1, -0.05) is 48.0 Å². The van der Waals surface area contributed by atoms with Crippen molar-refractivity contribution in [2.75, 3.05) is 13.1 Å². The van der Waals surface area contributed by atoms with E-state index in [-0.39, 0.29) is 12.5 Å². The van der Waals surface area contributed by atoms with Gasteiger partial charge in [0.2, 0.25) is 5.91 Å². The second kappa shape index (κ2) is 8.69. The summed E-state index contributed by atoms with van der Waals surface area (Å²) in [5.41, 5.74) is 2.93. The summed E-state index contributed by atoms with van der Waals surface area (Å²) in [6.07, 6.45) is 4.08. The highest BCUT2D eigenvalue weighted by atomic mass is 35.5. The SMILES string of the molecule is C=CCN(CC=C)C(=O)Cn1c(Cc2ccc(Cl)cc2)nc2ccccc21. The Kier molecular flexibility index (Phi) is 6.09. The molecule has 1 heterocycles. The van der Waals surface area contributed by atoms with E-state index in [0.717, 1.165) is 22.4 Å². The summed E-state index contributed by atoms with van der Waals surface area (Å²) in [4.78, 5) is 19.3. The number of aromatic nitrogens is 2. The van der Waals surface area contributed by atoms with Gasteiger partial charge in [-0.05, 0) is 29.8 Å². The van der Waals surface area contributed by atoms with Gasteiger partial charge in [0.25, 0.3) is 0 Å². The zero-order valence-electron chi connectivity index (χ0n) is 15.1. The highest BCUT2D eigenvalue weighted by Crippen LogP contribution is 2.20. The average molecular weight is 380 g/mol. The number of carbonyl (C=O) groups is 1. The molecule has 0 N–H and O–H groups in total. The number of hydrogen-bond acceptors (Lipinski definition) is 2. The van der Waals surface area contributed by atoms with Crippen molar-refractivity contribution in [3.63, 3.8) is 0 Å². The Morgan fingerprint density at radius 2 is 1.74 bits per heavy atom. The predicted molar refractivity (Wildman–Crippen MR) is 111 cm³/mol. The molecule has 0 saturated heterocycles. The van der Waals surface area contributed by atoms with Gasteiger partial charge in [0, 0.05) is 24.5 Å². The molecule has 138 valence electrons. The molecule has 0 aliphatic heterocycles. The molecular formula is C22H22ClN3O. The predicted octanol–water partition coefficient (Wildman–Crippen LogP) is 4.48. The lowest BCUT2D eigenvalue weighted by Gasteiger charge is -2.20. The molecule has 0 spiro atoms. The molecule has 2 aromatic carbocycles. The topological polar surface area (TPSA) is 38.1 Å². The van der Waals surface area contributed by atoms with Gasteiger partial charge in [-0.15, -0.1) is 13.2 Å². The van der Waals surface area contributed by atoms with E-state index < -0.39 is 0 Å². The van der Waals surface area contributed by atoms with E-state index in [1.165, 1.54) is 0 Å². The molecule has 0 atom stereocenters. The van der Waals surface area contributed by atoms with Crippen molar-refractivity contribution in [3.8, 4) is 0 Å². The number of benzene rings is 2. The van der Waals surface area contributed by atoms with Gasteiger partial charge in [-0.3, -0.25) is 4.79 Å². The molecule has 0 saturated carbocycles. The van der Waals surface area contributed by atoms with Crippen molar-refractivity contribution in [2.45, 2.75) is 13.0 Å². The Bertz CT molecular complexity index is 949. The van der Waals surface area contributed by atoms with Gasteiger partial charge in [0.05, 0.1) is 11.0 Å². The van der Waals surface area contributed by atoms with Crippen molar-refractivity contribution >= 4 is 28.5 Å². The molecule has 1 aromatic heterocycles. The first-order chi connectivity index (χ1) is 13.1. The summed E-state index contributed by atoms with van der Waals surface area (Å²) < 4.78 is 1.99. The smallest absolute Gasteiger partial charge is 0.243 e. The van der Waals surface area contributed by atoms with E-state index in [1.54, 1.807) is 17.1 Å². The van der Waals surface area contributed by atoms with Crippen LogP contribution in [0.3, 0.4) is 0 Å². The second-order valence-electron chi connectivity index (χ2n) is 6.28. The monoisotopic (exact) mass is 379 g/mol. The van der Waals surface area contributed by atoms with Crippen molar-refractivity contribution in [3.05, 3.63) is 90.3 Å². The molecule has 0 bridgehead atoms. The maximum absolute atomic E-state index is 12.8. The lowest BCUT2D eigenvalue weighted by Crippen LogP contribution is -2.34. The zero-order chi connectivity index (χ0) is 19.2. The van der Waals surface area contributed by atoms with E-state index in [4.69, 9.17) is 16.6 Å². The summed E-state index contributed by atoms with van der Waals surface area (Å²) in [5.74, 6) is 0.860. The molecule has 5 heteroatoms. The molecule has 0 fully saturated rings. The van der Waals surface area contributed by atoms with Crippen LogP contribution in [0.15, 0.2) is 73.8 Å². The van der Waals surface area contributed by atoms with Gasteiger partial charge in [0.15, 0.2) is 0 Å². The Morgan fingerprint density at radius 1 is 1.07 bits per heavy atom. The molecule has 0 aliphatic rings. The van der Waals surface area contributed by atoms with Crippen molar-refractivity contribution in [1.82, 2.24) is 14.5 Å². The highest BCUT2D eigenvalue weighted by Gasteiger charge is 2.17. The summed E-state index contributed by atoms with van der Waals surface area (Å²) in [6, 6.07) is 15.6. The summed E-state index contributed by atoms with van der Waals surface area (Å²) >= 11 is 5.99. The average Bonchev–Trinajstić information content (AvgIpc) is 3.00. The van der Waals surface area contributed by atoms with Gasteiger partial charge in [-0.2, -0.15) is 0 Å². The van der Waals surface area contributed by atoms with Crippen LogP contribution in [0, 0.1) is 0 Å². The number of carbonyl (C=O) groups excluding carboxylic acids is 1. The minimum atomic E-state index is 0.00955. The fourth-order valence-corrected chi connectivity index (χ4v) is 3.17. The van der Waals surface area contributed by atoms with Crippen LogP contribution < -0.4 is 0 Å². The van der Waals surface area contributed by atoms with E-state index in [0.29, 0.717) is 24.5 Å². The van der Waals surface area contributed by atoms with Crippen LogP contribution in [-0.2, 0) is 17.8 Å². The van der Waals surface area contributed by atoms with E-state index in [9.17, 15) is 4.79 Å². The largest absolute Gasteiger partial charge is 0.334 e. The maximum Gasteiger partial charge on any atom is 0.243 e. The normalized spacial score (nSPS) is 10.7. The standard InChI is InChI=1S/C22H22ClN3O/c1-3-13-25(14-4-2)22(27)16-26-20-8-6-5-7-19(20)24-21(26)15-17-9-11-18(23)12-10-17/h3-12H,1-2,13-16H2. The third-order valence-corrected chi connectivity index (χ3v) is 4.61. The molecular weight excluding hydrogens is 358 g/mol. The highest BCUT2D eigenvalue weighted by molar-refractivity contribution is 6.30. The van der Waals surface area contributed by atoms with Crippen molar-refractivity contribution in [2.24, 2.45) is 0 Å². The van der Waals surface area contributed by atoms with Gasteiger partial charge < -0.3 is 9.47 Å². The Hall–Kier alpha value is -2.85. The van der Waals surface area contributed by atoms with Crippen LogP contribution in [0.25, 0.3) is 11.0 Å². The summed E-state index contributed by atoms with van der Waals surface area (Å²) in [7, 11) is 0. The second-order valence-corrected chi connectivity index (χ2v) is 6.72. The first-order valence-electron chi connectivity index (χ1n) is 8.80. The molecule has 4 nitrogen and oxygen atoms in total. The Morgan fingerprint density at radius 3 is 2.41 bits per heavy atom. The maximum atomic E-state index is 12.8. The number of nitrogens with zero attached hydrogens (tertiary/aromatic N) is 3. The number of fused-ring (bicyclic) bond motifs is 1.